The largest absolute Gasteiger partial charge is 0.489 e. The summed E-state index contributed by atoms with van der Waals surface area (Å²) >= 11 is 0. The van der Waals surface area contributed by atoms with Crippen molar-refractivity contribution in [1.29, 1.82) is 0 Å². The molecule has 0 radical (unpaired) electrons. The van der Waals surface area contributed by atoms with Crippen molar-refractivity contribution >= 4 is 0 Å². The number of aromatic nitrogens is 2. The monoisotopic (exact) mass is 408 g/mol. The van der Waals surface area contributed by atoms with Gasteiger partial charge in [-0.15, -0.1) is 0 Å². The third-order valence-electron chi connectivity index (χ3n) is 5.18. The lowest BCUT2D eigenvalue weighted by molar-refractivity contribution is -0.0247. The minimum absolute atomic E-state index is 0.0861. The van der Waals surface area contributed by atoms with Crippen LogP contribution < -0.4 is 16.0 Å². The molecule has 1 aliphatic rings. The SMILES string of the molecule is O=c1[nH]c(=O)n([C@H]2CC[C@@H](CO)O2)cc1Cc1cccc(OCc2ccccc2)c1. The van der Waals surface area contributed by atoms with E-state index < -0.39 is 17.5 Å². The molecule has 1 fully saturated rings. The maximum atomic E-state index is 12.3. The molecule has 0 aliphatic carbocycles. The predicted octanol–water partition coefficient (Wildman–Crippen LogP) is 2.38. The van der Waals surface area contributed by atoms with E-state index in [4.69, 9.17) is 9.47 Å². The Morgan fingerprint density at radius 3 is 2.63 bits per heavy atom. The van der Waals surface area contributed by atoms with E-state index in [1.807, 2.05) is 54.6 Å². The highest BCUT2D eigenvalue weighted by molar-refractivity contribution is 5.32. The van der Waals surface area contributed by atoms with E-state index in [-0.39, 0.29) is 12.7 Å². The quantitative estimate of drug-likeness (QED) is 0.626. The first-order valence-corrected chi connectivity index (χ1v) is 9.98. The first-order chi connectivity index (χ1) is 14.6. The first kappa shape index (κ1) is 20.1. The van der Waals surface area contributed by atoms with Gasteiger partial charge in [0.1, 0.15) is 18.6 Å². The molecular formula is C23H24N2O5. The maximum absolute atomic E-state index is 12.3. The van der Waals surface area contributed by atoms with Gasteiger partial charge in [-0.25, -0.2) is 4.79 Å². The van der Waals surface area contributed by atoms with Crippen LogP contribution >= 0.6 is 0 Å². The van der Waals surface area contributed by atoms with E-state index in [2.05, 4.69) is 4.98 Å². The number of nitrogens with zero attached hydrogens (tertiary/aromatic N) is 1. The summed E-state index contributed by atoms with van der Waals surface area (Å²) in [5.41, 5.74) is 1.52. The number of hydrogen-bond acceptors (Lipinski definition) is 5. The molecule has 1 aliphatic heterocycles. The Labute approximate surface area is 173 Å². The maximum Gasteiger partial charge on any atom is 0.330 e. The number of aromatic amines is 1. The van der Waals surface area contributed by atoms with Crippen LogP contribution in [0.25, 0.3) is 0 Å². The smallest absolute Gasteiger partial charge is 0.330 e. The molecule has 0 amide bonds. The van der Waals surface area contributed by atoms with Gasteiger partial charge in [0.05, 0.1) is 12.7 Å². The standard InChI is InChI=1S/C23H24N2O5/c26-14-20-9-10-21(30-20)25-13-18(22(27)24-23(25)28)11-17-7-4-8-19(12-17)29-15-16-5-2-1-3-6-16/h1-8,12-13,20-21,26H,9-11,14-15H2,(H,24,27,28)/t20-,21+/m0/s1. The molecule has 156 valence electrons. The van der Waals surface area contributed by atoms with Crippen LogP contribution in [0.15, 0.2) is 70.4 Å². The lowest BCUT2D eigenvalue weighted by atomic mass is 10.1. The zero-order valence-corrected chi connectivity index (χ0v) is 16.5. The Hall–Kier alpha value is -3.16. The van der Waals surface area contributed by atoms with Crippen LogP contribution in [0.3, 0.4) is 0 Å². The zero-order valence-electron chi connectivity index (χ0n) is 16.5. The third kappa shape index (κ3) is 4.69. The Bertz CT molecular complexity index is 1110. The Kier molecular flexibility index (Phi) is 6.11. The molecule has 0 bridgehead atoms. The summed E-state index contributed by atoms with van der Waals surface area (Å²) in [6.45, 7) is 0.373. The van der Waals surface area contributed by atoms with Gasteiger partial charge in [-0.05, 0) is 36.1 Å². The average molecular weight is 408 g/mol. The van der Waals surface area contributed by atoms with Gasteiger partial charge in [-0.2, -0.15) is 0 Å². The molecule has 30 heavy (non-hydrogen) atoms. The molecule has 0 unspecified atom stereocenters. The van der Waals surface area contributed by atoms with E-state index in [0.717, 1.165) is 11.1 Å². The van der Waals surface area contributed by atoms with Gasteiger partial charge in [0, 0.05) is 18.2 Å². The number of hydrogen-bond donors (Lipinski definition) is 2. The molecule has 2 heterocycles. The molecule has 4 rings (SSSR count). The van der Waals surface area contributed by atoms with Crippen molar-refractivity contribution in [1.82, 2.24) is 9.55 Å². The second kappa shape index (κ2) is 9.11. The van der Waals surface area contributed by atoms with E-state index >= 15 is 0 Å². The molecule has 3 aromatic rings. The van der Waals surface area contributed by atoms with Crippen molar-refractivity contribution in [2.75, 3.05) is 6.61 Å². The van der Waals surface area contributed by atoms with Crippen LogP contribution in [0, 0.1) is 0 Å². The van der Waals surface area contributed by atoms with Crippen LogP contribution in [-0.4, -0.2) is 27.4 Å². The minimum Gasteiger partial charge on any atom is -0.489 e. The molecule has 2 atom stereocenters. The Morgan fingerprint density at radius 1 is 1.07 bits per heavy atom. The van der Waals surface area contributed by atoms with Crippen molar-refractivity contribution in [3.63, 3.8) is 0 Å². The highest BCUT2D eigenvalue weighted by atomic mass is 16.5. The second-order valence-corrected chi connectivity index (χ2v) is 7.39. The lowest BCUT2D eigenvalue weighted by Crippen LogP contribution is -2.34. The van der Waals surface area contributed by atoms with Crippen molar-refractivity contribution in [3.05, 3.63) is 98.3 Å². The van der Waals surface area contributed by atoms with Crippen molar-refractivity contribution < 1.29 is 14.6 Å². The van der Waals surface area contributed by atoms with Crippen molar-refractivity contribution in [3.8, 4) is 5.75 Å². The van der Waals surface area contributed by atoms with Gasteiger partial charge in [-0.1, -0.05) is 42.5 Å². The van der Waals surface area contributed by atoms with Crippen LogP contribution in [0.2, 0.25) is 0 Å². The molecule has 1 saturated heterocycles. The Morgan fingerprint density at radius 2 is 1.87 bits per heavy atom. The fourth-order valence-corrected chi connectivity index (χ4v) is 3.60. The molecule has 2 N–H and O–H groups in total. The molecule has 0 saturated carbocycles. The van der Waals surface area contributed by atoms with E-state index in [9.17, 15) is 14.7 Å². The van der Waals surface area contributed by atoms with Gasteiger partial charge in [0.2, 0.25) is 0 Å². The number of benzene rings is 2. The molecule has 7 nitrogen and oxygen atoms in total. The number of nitrogens with one attached hydrogen (secondary N) is 1. The number of aliphatic hydroxyl groups excluding tert-OH is 1. The summed E-state index contributed by atoms with van der Waals surface area (Å²) in [6, 6.07) is 17.5. The van der Waals surface area contributed by atoms with Crippen LogP contribution in [-0.2, 0) is 17.8 Å². The lowest BCUT2D eigenvalue weighted by Gasteiger charge is -2.16. The first-order valence-electron chi connectivity index (χ1n) is 9.98. The van der Waals surface area contributed by atoms with E-state index in [1.54, 1.807) is 6.20 Å². The number of aliphatic hydroxyl groups is 1. The summed E-state index contributed by atoms with van der Waals surface area (Å²) in [4.78, 5) is 27.0. The van der Waals surface area contributed by atoms with Gasteiger partial charge in [0.15, 0.2) is 0 Å². The number of H-pyrrole nitrogens is 1. The van der Waals surface area contributed by atoms with Crippen LogP contribution in [0.4, 0.5) is 0 Å². The zero-order chi connectivity index (χ0) is 20.9. The van der Waals surface area contributed by atoms with Crippen molar-refractivity contribution in [2.24, 2.45) is 0 Å². The average Bonchev–Trinajstić information content (AvgIpc) is 3.24. The van der Waals surface area contributed by atoms with Crippen LogP contribution in [0.1, 0.15) is 35.8 Å². The van der Waals surface area contributed by atoms with Gasteiger partial charge >= 0.3 is 5.69 Å². The van der Waals surface area contributed by atoms with Gasteiger partial charge < -0.3 is 14.6 Å². The fraction of sp³-hybridized carbons (Fsp3) is 0.304. The topological polar surface area (TPSA) is 93.6 Å². The predicted molar refractivity (Wildman–Crippen MR) is 112 cm³/mol. The van der Waals surface area contributed by atoms with Crippen LogP contribution in [0.5, 0.6) is 5.75 Å². The summed E-state index contributed by atoms with van der Waals surface area (Å²) in [6.07, 6.45) is 2.43. The highest BCUT2D eigenvalue weighted by Gasteiger charge is 2.27. The van der Waals surface area contributed by atoms with Gasteiger partial charge in [0.25, 0.3) is 5.56 Å². The fourth-order valence-electron chi connectivity index (χ4n) is 3.60. The summed E-state index contributed by atoms with van der Waals surface area (Å²) < 4.78 is 13.0. The molecule has 0 spiro atoms. The summed E-state index contributed by atoms with van der Waals surface area (Å²) in [5, 5.41) is 9.25. The van der Waals surface area contributed by atoms with Gasteiger partial charge in [-0.3, -0.25) is 14.3 Å². The van der Waals surface area contributed by atoms with E-state index in [1.165, 1.54) is 4.57 Å². The molecule has 2 aromatic carbocycles. The minimum atomic E-state index is -0.507. The molecule has 1 aromatic heterocycles. The highest BCUT2D eigenvalue weighted by Crippen LogP contribution is 2.26. The van der Waals surface area contributed by atoms with E-state index in [0.29, 0.717) is 37.2 Å². The Balaban J connectivity index is 1.50. The summed E-state index contributed by atoms with van der Waals surface area (Å²) in [7, 11) is 0. The molecule has 7 heteroatoms. The second-order valence-electron chi connectivity index (χ2n) is 7.39. The third-order valence-corrected chi connectivity index (χ3v) is 5.18. The molecular weight excluding hydrogens is 384 g/mol. The number of ether oxygens (including phenoxy) is 2. The summed E-state index contributed by atoms with van der Waals surface area (Å²) in [5.74, 6) is 0.714. The normalized spacial score (nSPS) is 18.4. The number of rotatable bonds is 7. The van der Waals surface area contributed by atoms with Crippen molar-refractivity contribution in [2.45, 2.75) is 38.2 Å².